The summed E-state index contributed by atoms with van der Waals surface area (Å²) in [6.45, 7) is 6.00. The van der Waals surface area contributed by atoms with E-state index in [1.165, 1.54) is 0 Å². The second-order valence-corrected chi connectivity index (χ2v) is 4.39. The number of primary amides is 1. The molecule has 0 aliphatic carbocycles. The van der Waals surface area contributed by atoms with Gasteiger partial charge in [0.25, 0.3) is 0 Å². The smallest absolute Gasteiger partial charge is 0.319 e. The van der Waals surface area contributed by atoms with Crippen molar-refractivity contribution in [2.45, 2.75) is 25.9 Å². The molecule has 0 radical (unpaired) electrons. The van der Waals surface area contributed by atoms with Crippen LogP contribution in [0.2, 0.25) is 0 Å². The fourth-order valence-corrected chi connectivity index (χ4v) is 1.98. The number of nitrogens with one attached hydrogen (secondary N) is 1. The van der Waals surface area contributed by atoms with Gasteiger partial charge in [0.05, 0.1) is 19.3 Å². The zero-order chi connectivity index (χ0) is 13.8. The van der Waals surface area contributed by atoms with Gasteiger partial charge in [-0.3, -0.25) is 4.79 Å². The van der Waals surface area contributed by atoms with Crippen molar-refractivity contribution >= 4 is 11.9 Å². The number of rotatable bonds is 5. The molecule has 106 valence electrons. The lowest BCUT2D eigenvalue weighted by molar-refractivity contribution is -0.121. The van der Waals surface area contributed by atoms with Crippen LogP contribution in [0.15, 0.2) is 4.42 Å². The highest BCUT2D eigenvalue weighted by Gasteiger charge is 2.31. The SMILES string of the molecule is CCNC(C)c1nnc(N2CCOCC2C(N)=O)o1. The zero-order valence-corrected chi connectivity index (χ0v) is 11.1. The number of hydrogen-bond donors (Lipinski definition) is 2. The molecule has 0 saturated carbocycles. The van der Waals surface area contributed by atoms with Gasteiger partial charge in [-0.15, -0.1) is 5.10 Å². The Balaban J connectivity index is 2.14. The van der Waals surface area contributed by atoms with Gasteiger partial charge in [-0.2, -0.15) is 0 Å². The van der Waals surface area contributed by atoms with E-state index in [0.717, 1.165) is 6.54 Å². The molecule has 0 aromatic carbocycles. The van der Waals surface area contributed by atoms with Crippen molar-refractivity contribution in [3.05, 3.63) is 5.89 Å². The Hall–Kier alpha value is -1.67. The maximum absolute atomic E-state index is 11.4. The number of carbonyl (C=O) groups is 1. The van der Waals surface area contributed by atoms with E-state index >= 15 is 0 Å². The fourth-order valence-electron chi connectivity index (χ4n) is 1.98. The Bertz CT molecular complexity index is 436. The first-order chi connectivity index (χ1) is 9.13. The van der Waals surface area contributed by atoms with Crippen LogP contribution in [0.4, 0.5) is 6.01 Å². The van der Waals surface area contributed by atoms with Gasteiger partial charge in [0.2, 0.25) is 11.8 Å². The van der Waals surface area contributed by atoms with Gasteiger partial charge in [0.15, 0.2) is 0 Å². The molecule has 1 aromatic heterocycles. The van der Waals surface area contributed by atoms with Gasteiger partial charge >= 0.3 is 6.01 Å². The standard InChI is InChI=1S/C11H19N5O3/c1-3-13-7(2)10-14-15-11(19-10)16-4-5-18-6-8(16)9(12)17/h7-8,13H,3-6H2,1-2H3,(H2,12,17). The van der Waals surface area contributed by atoms with E-state index in [-0.39, 0.29) is 12.6 Å². The predicted octanol–water partition coefficient (Wildman–Crippen LogP) is -0.569. The van der Waals surface area contributed by atoms with Crippen molar-refractivity contribution in [1.29, 1.82) is 0 Å². The summed E-state index contributed by atoms with van der Waals surface area (Å²) in [4.78, 5) is 13.1. The second kappa shape index (κ2) is 5.98. The predicted molar refractivity (Wildman–Crippen MR) is 67.5 cm³/mol. The monoisotopic (exact) mass is 269 g/mol. The Labute approximate surface area is 111 Å². The van der Waals surface area contributed by atoms with Gasteiger partial charge in [0.1, 0.15) is 6.04 Å². The van der Waals surface area contributed by atoms with Crippen LogP contribution in [0.1, 0.15) is 25.8 Å². The molecule has 8 heteroatoms. The molecule has 2 heterocycles. The number of hydrogen-bond acceptors (Lipinski definition) is 7. The Morgan fingerprint density at radius 1 is 1.63 bits per heavy atom. The highest BCUT2D eigenvalue weighted by Crippen LogP contribution is 2.20. The third kappa shape index (κ3) is 3.02. The lowest BCUT2D eigenvalue weighted by atomic mass is 10.2. The second-order valence-electron chi connectivity index (χ2n) is 4.39. The van der Waals surface area contributed by atoms with Crippen LogP contribution >= 0.6 is 0 Å². The lowest BCUT2D eigenvalue weighted by Crippen LogP contribution is -2.52. The van der Waals surface area contributed by atoms with Crippen molar-refractivity contribution in [1.82, 2.24) is 15.5 Å². The minimum absolute atomic E-state index is 0.0284. The summed E-state index contributed by atoms with van der Waals surface area (Å²) < 4.78 is 10.8. The number of morpholine rings is 1. The van der Waals surface area contributed by atoms with Crippen LogP contribution in [-0.2, 0) is 9.53 Å². The molecule has 1 fully saturated rings. The van der Waals surface area contributed by atoms with Crippen LogP contribution in [0, 0.1) is 0 Å². The number of amides is 1. The molecule has 1 saturated heterocycles. The van der Waals surface area contributed by atoms with Crippen LogP contribution in [-0.4, -0.2) is 48.4 Å². The first-order valence-corrected chi connectivity index (χ1v) is 6.34. The molecule has 2 unspecified atom stereocenters. The third-order valence-electron chi connectivity index (χ3n) is 3.01. The summed E-state index contributed by atoms with van der Waals surface area (Å²) >= 11 is 0. The van der Waals surface area contributed by atoms with Gasteiger partial charge in [-0.1, -0.05) is 12.0 Å². The van der Waals surface area contributed by atoms with Crippen LogP contribution in [0.3, 0.4) is 0 Å². The molecule has 1 aliphatic heterocycles. The first kappa shape index (κ1) is 13.8. The number of ether oxygens (including phenoxy) is 1. The van der Waals surface area contributed by atoms with Gasteiger partial charge < -0.3 is 25.1 Å². The van der Waals surface area contributed by atoms with Crippen LogP contribution in [0.25, 0.3) is 0 Å². The van der Waals surface area contributed by atoms with E-state index < -0.39 is 11.9 Å². The summed E-state index contributed by atoms with van der Waals surface area (Å²) in [6.07, 6.45) is 0. The van der Waals surface area contributed by atoms with E-state index in [0.29, 0.717) is 25.1 Å². The Morgan fingerprint density at radius 3 is 3.11 bits per heavy atom. The van der Waals surface area contributed by atoms with Crippen molar-refractivity contribution in [2.24, 2.45) is 5.73 Å². The van der Waals surface area contributed by atoms with E-state index in [4.69, 9.17) is 14.9 Å². The maximum atomic E-state index is 11.4. The molecule has 0 spiro atoms. The van der Waals surface area contributed by atoms with Crippen LogP contribution in [0.5, 0.6) is 0 Å². The molecular formula is C11H19N5O3. The molecule has 19 heavy (non-hydrogen) atoms. The molecule has 8 nitrogen and oxygen atoms in total. The van der Waals surface area contributed by atoms with E-state index in [1.807, 2.05) is 13.8 Å². The van der Waals surface area contributed by atoms with Crippen molar-refractivity contribution in [3.63, 3.8) is 0 Å². The van der Waals surface area contributed by atoms with Crippen molar-refractivity contribution in [3.8, 4) is 0 Å². The highest BCUT2D eigenvalue weighted by atomic mass is 16.5. The molecule has 0 bridgehead atoms. The molecular weight excluding hydrogens is 250 g/mol. The molecule has 1 aromatic rings. The van der Waals surface area contributed by atoms with E-state index in [2.05, 4.69) is 15.5 Å². The van der Waals surface area contributed by atoms with Crippen LogP contribution < -0.4 is 16.0 Å². The maximum Gasteiger partial charge on any atom is 0.319 e. The topological polar surface area (TPSA) is 107 Å². The minimum Gasteiger partial charge on any atom is -0.406 e. The molecule has 2 rings (SSSR count). The van der Waals surface area contributed by atoms with E-state index in [9.17, 15) is 4.79 Å². The molecule has 3 N–H and O–H groups in total. The largest absolute Gasteiger partial charge is 0.406 e. The number of aromatic nitrogens is 2. The first-order valence-electron chi connectivity index (χ1n) is 6.34. The minimum atomic E-state index is -0.559. The normalized spacial score (nSPS) is 21.4. The summed E-state index contributed by atoms with van der Waals surface area (Å²) in [5.74, 6) is 0.0331. The summed E-state index contributed by atoms with van der Waals surface area (Å²) in [7, 11) is 0. The summed E-state index contributed by atoms with van der Waals surface area (Å²) in [5.41, 5.74) is 5.35. The average Bonchev–Trinajstić information content (AvgIpc) is 2.88. The zero-order valence-electron chi connectivity index (χ0n) is 11.1. The van der Waals surface area contributed by atoms with Gasteiger partial charge in [-0.25, -0.2) is 0 Å². The molecule has 1 amide bonds. The number of nitrogens with zero attached hydrogens (tertiary/aromatic N) is 3. The quantitative estimate of drug-likeness (QED) is 0.737. The number of carbonyl (C=O) groups excluding carboxylic acids is 1. The highest BCUT2D eigenvalue weighted by molar-refractivity contribution is 5.83. The number of anilines is 1. The average molecular weight is 269 g/mol. The summed E-state index contributed by atoms with van der Waals surface area (Å²) in [6, 6.07) is -0.275. The third-order valence-corrected chi connectivity index (χ3v) is 3.01. The van der Waals surface area contributed by atoms with Crippen molar-refractivity contribution in [2.75, 3.05) is 31.2 Å². The van der Waals surface area contributed by atoms with Gasteiger partial charge in [-0.05, 0) is 13.5 Å². The molecule has 2 atom stereocenters. The Morgan fingerprint density at radius 2 is 2.42 bits per heavy atom. The van der Waals surface area contributed by atoms with Gasteiger partial charge in [0, 0.05) is 6.54 Å². The molecule has 1 aliphatic rings. The lowest BCUT2D eigenvalue weighted by Gasteiger charge is -2.31. The van der Waals surface area contributed by atoms with E-state index in [1.54, 1.807) is 4.90 Å². The van der Waals surface area contributed by atoms with Crippen molar-refractivity contribution < 1.29 is 13.9 Å². The fraction of sp³-hybridized carbons (Fsp3) is 0.727. The number of nitrogens with two attached hydrogens (primary N) is 1. The summed E-state index contributed by atoms with van der Waals surface area (Å²) in [5, 5.41) is 11.2. The Kier molecular flexibility index (Phi) is 4.33.